The maximum absolute atomic E-state index is 12.3. The number of anilines is 1. The number of carbonyl (C=O) groups is 1. The molecule has 3 heteroatoms. The molecule has 20 heavy (non-hydrogen) atoms. The van der Waals surface area contributed by atoms with Crippen molar-refractivity contribution < 1.29 is 9.53 Å². The average Bonchev–Trinajstić information content (AvgIpc) is 2.72. The van der Waals surface area contributed by atoms with Crippen molar-refractivity contribution in [1.82, 2.24) is 0 Å². The summed E-state index contributed by atoms with van der Waals surface area (Å²) < 4.78 is 5.83. The Morgan fingerprint density at radius 2 is 2.10 bits per heavy atom. The predicted octanol–water partition coefficient (Wildman–Crippen LogP) is 3.64. The van der Waals surface area contributed by atoms with Gasteiger partial charge in [0.05, 0.1) is 5.56 Å². The molecular weight excluding hydrogens is 250 g/mol. The molecule has 3 rings (SSSR count). The number of hydrogen-bond donors (Lipinski definition) is 1. The molecule has 0 heterocycles. The van der Waals surface area contributed by atoms with Crippen molar-refractivity contribution in [3.63, 3.8) is 0 Å². The molecule has 2 aliphatic rings. The van der Waals surface area contributed by atoms with Gasteiger partial charge in [0.2, 0.25) is 0 Å². The minimum Gasteiger partial charge on any atom is -0.458 e. The van der Waals surface area contributed by atoms with E-state index >= 15 is 0 Å². The van der Waals surface area contributed by atoms with Gasteiger partial charge in [-0.1, -0.05) is 26.8 Å². The summed E-state index contributed by atoms with van der Waals surface area (Å²) >= 11 is 0. The number of nitrogen functional groups attached to an aromatic ring is 1. The zero-order chi connectivity index (χ0) is 14.5. The second kappa shape index (κ2) is 4.24. The van der Waals surface area contributed by atoms with Crippen LogP contribution in [0.4, 0.5) is 5.69 Å². The fraction of sp³-hybridized carbons (Fsp3) is 0.588. The molecule has 0 aromatic heterocycles. The molecule has 0 aliphatic heterocycles. The molecule has 1 aromatic rings. The average molecular weight is 273 g/mol. The molecule has 2 aliphatic carbocycles. The Balaban J connectivity index is 1.78. The predicted molar refractivity (Wildman–Crippen MR) is 79.3 cm³/mol. The minimum absolute atomic E-state index is 0.0326. The van der Waals surface area contributed by atoms with E-state index in [0.29, 0.717) is 17.2 Å². The van der Waals surface area contributed by atoms with Crippen molar-refractivity contribution in [2.75, 3.05) is 5.73 Å². The summed E-state index contributed by atoms with van der Waals surface area (Å²) in [6, 6.07) is 7.01. The summed E-state index contributed by atoms with van der Waals surface area (Å²) in [5, 5.41) is 0. The quantitative estimate of drug-likeness (QED) is 0.661. The number of rotatable bonds is 2. The summed E-state index contributed by atoms with van der Waals surface area (Å²) in [5.74, 6) is 0.429. The third kappa shape index (κ3) is 1.75. The van der Waals surface area contributed by atoms with E-state index < -0.39 is 0 Å². The highest BCUT2D eigenvalue weighted by Gasteiger charge is 2.62. The van der Waals surface area contributed by atoms with Crippen molar-refractivity contribution in [2.45, 2.75) is 46.1 Å². The molecule has 0 spiro atoms. The Morgan fingerprint density at radius 3 is 2.65 bits per heavy atom. The Bertz CT molecular complexity index is 552. The first-order chi connectivity index (χ1) is 9.34. The molecule has 1 aromatic carbocycles. The molecule has 3 atom stereocenters. The van der Waals surface area contributed by atoms with Crippen molar-refractivity contribution in [3.05, 3.63) is 29.8 Å². The van der Waals surface area contributed by atoms with Crippen LogP contribution in [0, 0.1) is 16.7 Å². The molecule has 0 amide bonds. The van der Waals surface area contributed by atoms with E-state index in [1.165, 1.54) is 6.42 Å². The molecule has 3 unspecified atom stereocenters. The maximum atomic E-state index is 12.3. The van der Waals surface area contributed by atoms with Gasteiger partial charge in [0, 0.05) is 11.1 Å². The van der Waals surface area contributed by atoms with Crippen molar-refractivity contribution >= 4 is 11.7 Å². The summed E-state index contributed by atoms with van der Waals surface area (Å²) in [6.45, 7) is 6.91. The van der Waals surface area contributed by atoms with Crippen LogP contribution < -0.4 is 5.73 Å². The molecule has 3 nitrogen and oxygen atoms in total. The largest absolute Gasteiger partial charge is 0.458 e. The number of nitrogens with two attached hydrogens (primary N) is 1. The molecule has 2 saturated carbocycles. The summed E-state index contributed by atoms with van der Waals surface area (Å²) in [4.78, 5) is 12.3. The fourth-order valence-electron chi connectivity index (χ4n) is 4.17. The van der Waals surface area contributed by atoms with Gasteiger partial charge in [0.15, 0.2) is 0 Å². The van der Waals surface area contributed by atoms with Gasteiger partial charge in [-0.15, -0.1) is 0 Å². The van der Waals surface area contributed by atoms with Gasteiger partial charge in [-0.2, -0.15) is 0 Å². The maximum Gasteiger partial charge on any atom is 0.338 e. The third-order valence-electron chi connectivity index (χ3n) is 6.09. The third-order valence-corrected chi connectivity index (χ3v) is 6.09. The lowest BCUT2D eigenvalue weighted by Gasteiger charge is -2.38. The van der Waals surface area contributed by atoms with E-state index in [1.807, 2.05) is 0 Å². The zero-order valence-corrected chi connectivity index (χ0v) is 12.5. The normalized spacial score (nSPS) is 34.1. The lowest BCUT2D eigenvalue weighted by molar-refractivity contribution is -0.0242. The van der Waals surface area contributed by atoms with Crippen LogP contribution in [-0.4, -0.2) is 12.1 Å². The number of esters is 1. The van der Waals surface area contributed by atoms with Crippen LogP contribution in [0.25, 0.3) is 0 Å². The van der Waals surface area contributed by atoms with Gasteiger partial charge in [-0.3, -0.25) is 0 Å². The topological polar surface area (TPSA) is 52.3 Å². The van der Waals surface area contributed by atoms with E-state index in [9.17, 15) is 4.79 Å². The Hall–Kier alpha value is -1.51. The highest BCUT2D eigenvalue weighted by atomic mass is 16.5. The second-order valence-corrected chi connectivity index (χ2v) is 7.13. The summed E-state index contributed by atoms with van der Waals surface area (Å²) in [7, 11) is 0. The molecule has 0 radical (unpaired) electrons. The molecule has 2 fully saturated rings. The van der Waals surface area contributed by atoms with E-state index in [0.717, 1.165) is 12.8 Å². The minimum atomic E-state index is -0.244. The van der Waals surface area contributed by atoms with Gasteiger partial charge in [-0.25, -0.2) is 4.79 Å². The number of fused-ring (bicyclic) bond motifs is 2. The molecular formula is C17H23NO2. The van der Waals surface area contributed by atoms with Gasteiger partial charge in [0.1, 0.15) is 6.10 Å². The van der Waals surface area contributed by atoms with Gasteiger partial charge in [0.25, 0.3) is 0 Å². The van der Waals surface area contributed by atoms with Crippen LogP contribution in [0.5, 0.6) is 0 Å². The van der Waals surface area contributed by atoms with Crippen molar-refractivity contribution in [1.29, 1.82) is 0 Å². The van der Waals surface area contributed by atoms with E-state index in [-0.39, 0.29) is 22.9 Å². The lowest BCUT2D eigenvalue weighted by atomic mass is 9.70. The molecule has 2 bridgehead atoms. The monoisotopic (exact) mass is 273 g/mol. The van der Waals surface area contributed by atoms with Gasteiger partial charge < -0.3 is 10.5 Å². The first-order valence-electron chi connectivity index (χ1n) is 7.41. The smallest absolute Gasteiger partial charge is 0.338 e. The summed E-state index contributed by atoms with van der Waals surface area (Å²) in [5.41, 5.74) is 7.24. The lowest BCUT2D eigenvalue weighted by Crippen LogP contribution is -2.38. The standard InChI is InChI=1S/C17H23NO2/c1-16(2)12-7-8-17(16,3)14(10-12)20-15(19)11-5-4-6-13(18)9-11/h4-6,9,12,14H,7-8,10,18H2,1-3H3. The first kappa shape index (κ1) is 13.5. The highest BCUT2D eigenvalue weighted by Crippen LogP contribution is 2.66. The van der Waals surface area contributed by atoms with Crippen LogP contribution in [0.2, 0.25) is 0 Å². The SMILES string of the molecule is CC1(C)C2CCC1(C)C(OC(=O)c1cccc(N)c1)C2. The molecule has 108 valence electrons. The van der Waals surface area contributed by atoms with Crippen LogP contribution >= 0.6 is 0 Å². The second-order valence-electron chi connectivity index (χ2n) is 7.13. The Labute approximate surface area is 120 Å². The number of ether oxygens (including phenoxy) is 1. The van der Waals surface area contributed by atoms with Gasteiger partial charge in [-0.05, 0) is 48.8 Å². The van der Waals surface area contributed by atoms with Crippen LogP contribution in [-0.2, 0) is 4.74 Å². The Morgan fingerprint density at radius 1 is 1.35 bits per heavy atom. The van der Waals surface area contributed by atoms with Crippen LogP contribution in [0.15, 0.2) is 24.3 Å². The number of hydrogen-bond acceptors (Lipinski definition) is 3. The first-order valence-corrected chi connectivity index (χ1v) is 7.41. The molecule has 0 saturated heterocycles. The Kier molecular flexibility index (Phi) is 2.86. The highest BCUT2D eigenvalue weighted by molar-refractivity contribution is 5.90. The van der Waals surface area contributed by atoms with Crippen molar-refractivity contribution in [2.24, 2.45) is 16.7 Å². The fourth-order valence-corrected chi connectivity index (χ4v) is 4.17. The number of carbonyl (C=O) groups excluding carboxylic acids is 1. The van der Waals surface area contributed by atoms with Gasteiger partial charge >= 0.3 is 5.97 Å². The van der Waals surface area contributed by atoms with E-state index in [2.05, 4.69) is 20.8 Å². The van der Waals surface area contributed by atoms with Crippen molar-refractivity contribution in [3.8, 4) is 0 Å². The van der Waals surface area contributed by atoms with E-state index in [1.54, 1.807) is 24.3 Å². The van der Waals surface area contributed by atoms with E-state index in [4.69, 9.17) is 10.5 Å². The zero-order valence-electron chi connectivity index (χ0n) is 12.5. The molecule has 2 N–H and O–H groups in total. The van der Waals surface area contributed by atoms with Crippen LogP contribution in [0.3, 0.4) is 0 Å². The summed E-state index contributed by atoms with van der Waals surface area (Å²) in [6.07, 6.45) is 3.44. The van der Waals surface area contributed by atoms with Crippen LogP contribution in [0.1, 0.15) is 50.4 Å². The number of benzene rings is 1.